The minimum absolute atomic E-state index is 0.248. The molecule has 2 aromatic rings. The Hall–Kier alpha value is -1.68. The van der Waals surface area contributed by atoms with Crippen LogP contribution in [-0.4, -0.2) is 18.1 Å². The average molecular weight is 219 g/mol. The van der Waals surface area contributed by atoms with Gasteiger partial charge in [-0.05, 0) is 36.6 Å². The molecule has 2 rings (SSSR count). The fourth-order valence-corrected chi connectivity index (χ4v) is 1.59. The van der Waals surface area contributed by atoms with E-state index in [-0.39, 0.29) is 5.82 Å². The van der Waals surface area contributed by atoms with Gasteiger partial charge in [-0.1, -0.05) is 6.07 Å². The van der Waals surface area contributed by atoms with Gasteiger partial charge in [0.2, 0.25) is 0 Å². The van der Waals surface area contributed by atoms with Gasteiger partial charge < -0.3 is 11.1 Å². The molecule has 84 valence electrons. The van der Waals surface area contributed by atoms with Crippen LogP contribution in [0.5, 0.6) is 0 Å². The lowest BCUT2D eigenvalue weighted by Gasteiger charge is -2.07. The van der Waals surface area contributed by atoms with Crippen LogP contribution in [0.1, 0.15) is 6.42 Å². The third kappa shape index (κ3) is 2.28. The van der Waals surface area contributed by atoms with Crippen molar-refractivity contribution in [1.29, 1.82) is 0 Å². The number of hydrogen-bond acceptors (Lipinski definition) is 3. The van der Waals surface area contributed by atoms with Crippen molar-refractivity contribution >= 4 is 16.6 Å². The molecule has 1 aromatic carbocycles. The summed E-state index contributed by atoms with van der Waals surface area (Å²) in [6.07, 6.45) is 2.58. The van der Waals surface area contributed by atoms with E-state index >= 15 is 0 Å². The fraction of sp³-hybridized carbons (Fsp3) is 0.250. The first-order chi connectivity index (χ1) is 7.81. The standard InChI is InChI=1S/C12H14FN3/c13-10-3-2-9-4-7-16-12(11(9)8-10)15-6-1-5-14/h2-4,7-8H,1,5-6,14H2,(H,15,16). The SMILES string of the molecule is NCCCNc1nccc2ccc(F)cc12. The number of rotatable bonds is 4. The maximum absolute atomic E-state index is 13.1. The first-order valence-electron chi connectivity index (χ1n) is 5.29. The number of hydrogen-bond donors (Lipinski definition) is 2. The molecule has 1 heterocycles. The molecule has 16 heavy (non-hydrogen) atoms. The van der Waals surface area contributed by atoms with Gasteiger partial charge in [0.15, 0.2) is 0 Å². The number of pyridine rings is 1. The van der Waals surface area contributed by atoms with Gasteiger partial charge >= 0.3 is 0 Å². The number of nitrogens with one attached hydrogen (secondary N) is 1. The summed E-state index contributed by atoms with van der Waals surface area (Å²) in [5.41, 5.74) is 5.41. The molecule has 0 spiro atoms. The lowest BCUT2D eigenvalue weighted by molar-refractivity contribution is 0.629. The van der Waals surface area contributed by atoms with E-state index in [0.717, 1.165) is 23.7 Å². The summed E-state index contributed by atoms with van der Waals surface area (Å²) in [5, 5.41) is 4.94. The minimum atomic E-state index is -0.248. The van der Waals surface area contributed by atoms with Crippen LogP contribution in [0.3, 0.4) is 0 Å². The van der Waals surface area contributed by atoms with Crippen molar-refractivity contribution in [3.05, 3.63) is 36.3 Å². The summed E-state index contributed by atoms with van der Waals surface area (Å²) >= 11 is 0. The second-order valence-corrected chi connectivity index (χ2v) is 3.59. The van der Waals surface area contributed by atoms with Crippen LogP contribution in [0, 0.1) is 5.82 Å². The average Bonchev–Trinajstić information content (AvgIpc) is 2.30. The zero-order valence-corrected chi connectivity index (χ0v) is 8.91. The Bertz CT molecular complexity index is 485. The Morgan fingerprint density at radius 2 is 2.19 bits per heavy atom. The van der Waals surface area contributed by atoms with Gasteiger partial charge in [-0.2, -0.15) is 0 Å². The summed E-state index contributed by atoms with van der Waals surface area (Å²) in [6.45, 7) is 1.38. The first kappa shape index (κ1) is 10.8. The van der Waals surface area contributed by atoms with Crippen molar-refractivity contribution in [2.45, 2.75) is 6.42 Å². The van der Waals surface area contributed by atoms with Gasteiger partial charge in [0.1, 0.15) is 11.6 Å². The molecule has 3 N–H and O–H groups in total. The van der Waals surface area contributed by atoms with Crippen LogP contribution in [0.2, 0.25) is 0 Å². The maximum atomic E-state index is 13.1. The van der Waals surface area contributed by atoms with E-state index < -0.39 is 0 Å². The number of aromatic nitrogens is 1. The van der Waals surface area contributed by atoms with Gasteiger partial charge in [-0.25, -0.2) is 9.37 Å². The van der Waals surface area contributed by atoms with Crippen molar-refractivity contribution in [3.8, 4) is 0 Å². The molecule has 1 aromatic heterocycles. The summed E-state index contributed by atoms with van der Waals surface area (Å²) in [7, 11) is 0. The Morgan fingerprint density at radius 1 is 1.31 bits per heavy atom. The lowest BCUT2D eigenvalue weighted by atomic mass is 10.1. The van der Waals surface area contributed by atoms with Crippen molar-refractivity contribution in [3.63, 3.8) is 0 Å². The third-order valence-electron chi connectivity index (χ3n) is 2.40. The Kier molecular flexibility index (Phi) is 3.31. The van der Waals surface area contributed by atoms with Gasteiger partial charge in [0, 0.05) is 18.1 Å². The molecule has 0 radical (unpaired) electrons. The highest BCUT2D eigenvalue weighted by atomic mass is 19.1. The summed E-state index contributed by atoms with van der Waals surface area (Å²) in [6, 6.07) is 6.56. The van der Waals surface area contributed by atoms with Crippen LogP contribution in [0.25, 0.3) is 10.8 Å². The minimum Gasteiger partial charge on any atom is -0.370 e. The largest absolute Gasteiger partial charge is 0.370 e. The molecular weight excluding hydrogens is 205 g/mol. The second kappa shape index (κ2) is 4.90. The van der Waals surface area contributed by atoms with Crippen LogP contribution in [-0.2, 0) is 0 Å². The number of nitrogens with two attached hydrogens (primary N) is 1. The topological polar surface area (TPSA) is 50.9 Å². The molecule has 4 heteroatoms. The summed E-state index contributed by atoms with van der Waals surface area (Å²) < 4.78 is 13.1. The smallest absolute Gasteiger partial charge is 0.133 e. The highest BCUT2D eigenvalue weighted by Gasteiger charge is 2.02. The molecular formula is C12H14FN3. The van der Waals surface area contributed by atoms with Gasteiger partial charge in [-0.3, -0.25) is 0 Å². The van der Waals surface area contributed by atoms with Crippen molar-refractivity contribution < 1.29 is 4.39 Å². The Labute approximate surface area is 93.5 Å². The monoisotopic (exact) mass is 219 g/mol. The number of benzene rings is 1. The zero-order valence-electron chi connectivity index (χ0n) is 8.91. The van der Waals surface area contributed by atoms with Crippen LogP contribution < -0.4 is 11.1 Å². The zero-order chi connectivity index (χ0) is 11.4. The van der Waals surface area contributed by atoms with E-state index in [0.29, 0.717) is 12.4 Å². The molecule has 0 amide bonds. The lowest BCUT2D eigenvalue weighted by Crippen LogP contribution is -2.09. The van der Waals surface area contributed by atoms with Gasteiger partial charge in [-0.15, -0.1) is 0 Å². The predicted molar refractivity (Wildman–Crippen MR) is 63.9 cm³/mol. The molecule has 0 saturated carbocycles. The second-order valence-electron chi connectivity index (χ2n) is 3.59. The maximum Gasteiger partial charge on any atom is 0.133 e. The number of anilines is 1. The van der Waals surface area contributed by atoms with Crippen molar-refractivity contribution in [1.82, 2.24) is 4.98 Å². The third-order valence-corrected chi connectivity index (χ3v) is 2.40. The molecule has 0 bridgehead atoms. The van der Waals surface area contributed by atoms with E-state index in [1.54, 1.807) is 12.3 Å². The fourth-order valence-electron chi connectivity index (χ4n) is 1.59. The Morgan fingerprint density at radius 3 is 3.00 bits per heavy atom. The van der Waals surface area contributed by atoms with Crippen LogP contribution in [0.15, 0.2) is 30.5 Å². The summed E-state index contributed by atoms with van der Waals surface area (Å²) in [4.78, 5) is 4.20. The molecule has 3 nitrogen and oxygen atoms in total. The molecule has 0 atom stereocenters. The number of halogens is 1. The molecule has 0 fully saturated rings. The molecule has 0 unspecified atom stereocenters. The highest BCUT2D eigenvalue weighted by Crippen LogP contribution is 2.21. The van der Waals surface area contributed by atoms with Crippen LogP contribution in [0.4, 0.5) is 10.2 Å². The van der Waals surface area contributed by atoms with E-state index in [9.17, 15) is 4.39 Å². The molecule has 0 saturated heterocycles. The highest BCUT2D eigenvalue weighted by molar-refractivity contribution is 5.91. The van der Waals surface area contributed by atoms with E-state index in [2.05, 4.69) is 10.3 Å². The van der Waals surface area contributed by atoms with E-state index in [4.69, 9.17) is 5.73 Å². The van der Waals surface area contributed by atoms with E-state index in [1.807, 2.05) is 6.07 Å². The predicted octanol–water partition coefficient (Wildman–Crippen LogP) is 2.13. The molecule has 0 aliphatic rings. The van der Waals surface area contributed by atoms with Gasteiger partial charge in [0.05, 0.1) is 0 Å². The number of fused-ring (bicyclic) bond motifs is 1. The Balaban J connectivity index is 2.32. The van der Waals surface area contributed by atoms with Crippen molar-refractivity contribution in [2.24, 2.45) is 5.73 Å². The van der Waals surface area contributed by atoms with Crippen molar-refractivity contribution in [2.75, 3.05) is 18.4 Å². The quantitative estimate of drug-likeness (QED) is 0.774. The molecule has 0 aliphatic carbocycles. The summed E-state index contributed by atoms with van der Waals surface area (Å²) in [5.74, 6) is 0.466. The van der Waals surface area contributed by atoms with E-state index in [1.165, 1.54) is 12.1 Å². The normalized spacial score (nSPS) is 10.6. The van der Waals surface area contributed by atoms with Gasteiger partial charge in [0.25, 0.3) is 0 Å². The van der Waals surface area contributed by atoms with Crippen LogP contribution >= 0.6 is 0 Å². The first-order valence-corrected chi connectivity index (χ1v) is 5.29. The number of nitrogens with zero attached hydrogens (tertiary/aromatic N) is 1. The molecule has 0 aliphatic heterocycles.